The Morgan fingerprint density at radius 1 is 1.29 bits per heavy atom. The molecule has 5 heteroatoms. The largest absolute Gasteiger partial charge is 0.298 e. The zero-order chi connectivity index (χ0) is 10.6. The van der Waals surface area contributed by atoms with Gasteiger partial charge in [-0.3, -0.25) is 9.35 Å². The maximum absolute atomic E-state index is 10.5. The highest BCUT2D eigenvalue weighted by Gasteiger charge is 2.07. The number of rotatable bonds is 4. The molecule has 4 nitrogen and oxygen atoms in total. The van der Waals surface area contributed by atoms with E-state index in [-0.39, 0.29) is 12.2 Å². The highest BCUT2D eigenvalue weighted by molar-refractivity contribution is 7.85. The maximum Gasteiger partial charge on any atom is 0.265 e. The Balaban J connectivity index is 2.81. The normalized spacial score (nSPS) is 11.2. The SMILES string of the molecule is O=Cc1ccccc1CCS(=O)(=O)O. The first-order valence-corrected chi connectivity index (χ1v) is 5.62. The van der Waals surface area contributed by atoms with Crippen molar-refractivity contribution < 1.29 is 17.8 Å². The standard InChI is InChI=1S/C9H10O4S/c10-7-9-4-2-1-3-8(9)5-6-14(11,12)13/h1-4,7H,5-6H2,(H,11,12,13). The third kappa shape index (κ3) is 3.27. The van der Waals surface area contributed by atoms with Crippen molar-refractivity contribution in [2.75, 3.05) is 5.75 Å². The number of carbonyl (C=O) groups is 1. The summed E-state index contributed by atoms with van der Waals surface area (Å²) in [4.78, 5) is 10.5. The van der Waals surface area contributed by atoms with Gasteiger partial charge in [-0.15, -0.1) is 0 Å². The lowest BCUT2D eigenvalue weighted by molar-refractivity contribution is 0.112. The molecule has 1 N–H and O–H groups in total. The van der Waals surface area contributed by atoms with Gasteiger partial charge in [-0.2, -0.15) is 8.42 Å². The average Bonchev–Trinajstić information content (AvgIpc) is 2.14. The van der Waals surface area contributed by atoms with Gasteiger partial charge in [0, 0.05) is 5.56 Å². The van der Waals surface area contributed by atoms with Crippen LogP contribution >= 0.6 is 0 Å². The predicted molar refractivity (Wildman–Crippen MR) is 51.9 cm³/mol. The zero-order valence-corrected chi connectivity index (χ0v) is 8.20. The van der Waals surface area contributed by atoms with Crippen molar-refractivity contribution >= 4 is 16.4 Å². The first-order chi connectivity index (χ1) is 6.53. The molecular weight excluding hydrogens is 204 g/mol. The third-order valence-corrected chi connectivity index (χ3v) is 2.53. The van der Waals surface area contributed by atoms with Gasteiger partial charge < -0.3 is 0 Å². The number of aryl methyl sites for hydroxylation is 1. The highest BCUT2D eigenvalue weighted by atomic mass is 32.2. The van der Waals surface area contributed by atoms with Crippen LogP contribution < -0.4 is 0 Å². The van der Waals surface area contributed by atoms with Gasteiger partial charge >= 0.3 is 0 Å². The lowest BCUT2D eigenvalue weighted by Crippen LogP contribution is -2.07. The van der Waals surface area contributed by atoms with Crippen molar-refractivity contribution in [3.63, 3.8) is 0 Å². The van der Waals surface area contributed by atoms with Gasteiger partial charge in [0.1, 0.15) is 6.29 Å². The molecule has 76 valence electrons. The van der Waals surface area contributed by atoms with Crippen molar-refractivity contribution in [3.8, 4) is 0 Å². The summed E-state index contributed by atoms with van der Waals surface area (Å²) < 4.78 is 29.5. The fraction of sp³-hybridized carbons (Fsp3) is 0.222. The molecule has 1 aromatic rings. The van der Waals surface area contributed by atoms with Crippen molar-refractivity contribution in [1.29, 1.82) is 0 Å². The monoisotopic (exact) mass is 214 g/mol. The number of hydrogen-bond donors (Lipinski definition) is 1. The predicted octanol–water partition coefficient (Wildman–Crippen LogP) is 0.929. The van der Waals surface area contributed by atoms with Crippen LogP contribution in [0.4, 0.5) is 0 Å². The summed E-state index contributed by atoms with van der Waals surface area (Å²) in [6.07, 6.45) is 0.813. The molecule has 1 rings (SSSR count). The number of carbonyl (C=O) groups excluding carboxylic acids is 1. The Labute approximate surface area is 82.3 Å². The molecule has 0 fully saturated rings. The topological polar surface area (TPSA) is 71.4 Å². The zero-order valence-electron chi connectivity index (χ0n) is 7.38. The molecule has 0 spiro atoms. The summed E-state index contributed by atoms with van der Waals surface area (Å²) in [6, 6.07) is 6.67. The molecule has 0 saturated heterocycles. The summed E-state index contributed by atoms with van der Waals surface area (Å²) in [6.45, 7) is 0. The van der Waals surface area contributed by atoms with Crippen molar-refractivity contribution in [3.05, 3.63) is 35.4 Å². The molecule has 0 saturated carbocycles. The maximum atomic E-state index is 10.5. The minimum atomic E-state index is -3.96. The van der Waals surface area contributed by atoms with Crippen molar-refractivity contribution in [1.82, 2.24) is 0 Å². The van der Waals surface area contributed by atoms with E-state index in [0.717, 1.165) is 0 Å². The fourth-order valence-corrected chi connectivity index (χ4v) is 1.59. The van der Waals surface area contributed by atoms with E-state index >= 15 is 0 Å². The molecule has 0 aliphatic carbocycles. The third-order valence-electron chi connectivity index (χ3n) is 1.81. The molecule has 0 amide bonds. The van der Waals surface area contributed by atoms with Gasteiger partial charge in [-0.1, -0.05) is 24.3 Å². The van der Waals surface area contributed by atoms with Gasteiger partial charge in [0.2, 0.25) is 0 Å². The van der Waals surface area contributed by atoms with Crippen molar-refractivity contribution in [2.45, 2.75) is 6.42 Å². The second kappa shape index (κ2) is 4.34. The van der Waals surface area contributed by atoms with Crippen LogP contribution in [0.25, 0.3) is 0 Å². The Morgan fingerprint density at radius 2 is 1.93 bits per heavy atom. The average molecular weight is 214 g/mol. The molecule has 0 bridgehead atoms. The van der Waals surface area contributed by atoms with Gasteiger partial charge in [0.05, 0.1) is 5.75 Å². The lowest BCUT2D eigenvalue weighted by atomic mass is 10.1. The van der Waals surface area contributed by atoms with Crippen LogP contribution in [-0.2, 0) is 16.5 Å². The first kappa shape index (κ1) is 10.9. The second-order valence-electron chi connectivity index (χ2n) is 2.85. The van der Waals surface area contributed by atoms with E-state index in [1.165, 1.54) is 0 Å². The summed E-state index contributed by atoms with van der Waals surface area (Å²) in [5.41, 5.74) is 1.08. The molecule has 0 heterocycles. The van der Waals surface area contributed by atoms with Gasteiger partial charge in [-0.05, 0) is 12.0 Å². The lowest BCUT2D eigenvalue weighted by Gasteiger charge is -2.01. The summed E-state index contributed by atoms with van der Waals surface area (Å²) in [7, 11) is -3.96. The molecule has 0 unspecified atom stereocenters. The fourth-order valence-electron chi connectivity index (χ4n) is 1.12. The second-order valence-corrected chi connectivity index (χ2v) is 4.42. The molecular formula is C9H10O4S. The van der Waals surface area contributed by atoms with Crippen LogP contribution in [0.1, 0.15) is 15.9 Å². The summed E-state index contributed by atoms with van der Waals surface area (Å²) >= 11 is 0. The molecule has 14 heavy (non-hydrogen) atoms. The molecule has 0 aromatic heterocycles. The highest BCUT2D eigenvalue weighted by Crippen LogP contribution is 2.07. The number of aldehydes is 1. The Bertz CT molecular complexity index is 422. The van der Waals surface area contributed by atoms with E-state index < -0.39 is 10.1 Å². The van der Waals surface area contributed by atoms with Crippen LogP contribution in [0.15, 0.2) is 24.3 Å². The minimum Gasteiger partial charge on any atom is -0.298 e. The van der Waals surface area contributed by atoms with E-state index in [4.69, 9.17) is 4.55 Å². The van der Waals surface area contributed by atoms with Gasteiger partial charge in [0.25, 0.3) is 10.1 Å². The molecule has 0 radical (unpaired) electrons. The minimum absolute atomic E-state index is 0.147. The Hall–Kier alpha value is -1.20. The Morgan fingerprint density at radius 3 is 2.50 bits per heavy atom. The summed E-state index contributed by atoms with van der Waals surface area (Å²) in [5, 5.41) is 0. The Kier molecular flexibility index (Phi) is 3.38. The van der Waals surface area contributed by atoms with E-state index in [1.807, 2.05) is 0 Å². The van der Waals surface area contributed by atoms with E-state index in [0.29, 0.717) is 17.4 Å². The van der Waals surface area contributed by atoms with E-state index in [9.17, 15) is 13.2 Å². The number of benzene rings is 1. The first-order valence-electron chi connectivity index (χ1n) is 4.01. The van der Waals surface area contributed by atoms with Crippen molar-refractivity contribution in [2.24, 2.45) is 0 Å². The van der Waals surface area contributed by atoms with Crippen LogP contribution in [0, 0.1) is 0 Å². The van der Waals surface area contributed by atoms with Crippen LogP contribution in [0.5, 0.6) is 0 Å². The van der Waals surface area contributed by atoms with Gasteiger partial charge in [0.15, 0.2) is 0 Å². The molecule has 0 atom stereocenters. The van der Waals surface area contributed by atoms with Crippen LogP contribution in [0.3, 0.4) is 0 Å². The van der Waals surface area contributed by atoms with Crippen LogP contribution in [-0.4, -0.2) is 25.0 Å². The molecule has 1 aromatic carbocycles. The molecule has 0 aliphatic rings. The quantitative estimate of drug-likeness (QED) is 0.597. The summed E-state index contributed by atoms with van der Waals surface area (Å²) in [5.74, 6) is -0.363. The molecule has 0 aliphatic heterocycles. The van der Waals surface area contributed by atoms with Gasteiger partial charge in [-0.25, -0.2) is 0 Å². The van der Waals surface area contributed by atoms with E-state index in [2.05, 4.69) is 0 Å². The van der Waals surface area contributed by atoms with Crippen LogP contribution in [0.2, 0.25) is 0 Å². The smallest absolute Gasteiger partial charge is 0.265 e. The van der Waals surface area contributed by atoms with E-state index in [1.54, 1.807) is 24.3 Å². The number of hydrogen-bond acceptors (Lipinski definition) is 3.